The molecule has 1 heterocycles. The van der Waals surface area contributed by atoms with Crippen LogP contribution in [0.3, 0.4) is 0 Å². The Kier molecular flexibility index (Phi) is 3.51. The summed E-state index contributed by atoms with van der Waals surface area (Å²) in [4.78, 5) is 12.1. The maximum absolute atomic E-state index is 12.2. The first-order chi connectivity index (χ1) is 8.84. The standard InChI is InChI=1S/C12H16N2O4S/c1-8(2)18-6-5-14-12(15)10-7-9(13)3-4-11(10)19(14,16)17/h3-4,7-8H,5-6,13H2,1-2H3. The molecule has 0 aromatic heterocycles. The molecule has 0 saturated heterocycles. The van der Waals surface area contributed by atoms with Gasteiger partial charge in [-0.25, -0.2) is 12.7 Å². The zero-order valence-corrected chi connectivity index (χ0v) is 11.6. The van der Waals surface area contributed by atoms with Crippen molar-refractivity contribution in [3.63, 3.8) is 0 Å². The average molecular weight is 284 g/mol. The molecule has 0 fully saturated rings. The number of hydrogen-bond donors (Lipinski definition) is 1. The molecule has 1 amide bonds. The van der Waals surface area contributed by atoms with E-state index in [0.717, 1.165) is 4.31 Å². The fraction of sp³-hybridized carbons (Fsp3) is 0.417. The number of benzene rings is 1. The lowest BCUT2D eigenvalue weighted by molar-refractivity contribution is 0.0627. The minimum Gasteiger partial charge on any atom is -0.399 e. The maximum Gasteiger partial charge on any atom is 0.269 e. The van der Waals surface area contributed by atoms with Crippen molar-refractivity contribution in [1.29, 1.82) is 0 Å². The van der Waals surface area contributed by atoms with Crippen LogP contribution in [0.4, 0.5) is 5.69 Å². The Morgan fingerprint density at radius 1 is 1.37 bits per heavy atom. The van der Waals surface area contributed by atoms with E-state index >= 15 is 0 Å². The number of nitrogens with zero attached hydrogens (tertiary/aromatic N) is 1. The molecule has 1 aliphatic rings. The van der Waals surface area contributed by atoms with Gasteiger partial charge in [-0.15, -0.1) is 0 Å². The van der Waals surface area contributed by atoms with Crippen molar-refractivity contribution in [2.45, 2.75) is 24.8 Å². The van der Waals surface area contributed by atoms with Crippen LogP contribution in [0.25, 0.3) is 0 Å². The normalized spacial score (nSPS) is 17.0. The Bertz CT molecular complexity index is 610. The third-order valence-electron chi connectivity index (χ3n) is 2.77. The molecule has 2 rings (SSSR count). The van der Waals surface area contributed by atoms with Gasteiger partial charge < -0.3 is 10.5 Å². The monoisotopic (exact) mass is 284 g/mol. The van der Waals surface area contributed by atoms with Gasteiger partial charge in [0.15, 0.2) is 0 Å². The third-order valence-corrected chi connectivity index (χ3v) is 4.61. The second-order valence-corrected chi connectivity index (χ2v) is 6.39. The highest BCUT2D eigenvalue weighted by Gasteiger charge is 2.40. The first kappa shape index (κ1) is 13.8. The van der Waals surface area contributed by atoms with E-state index in [9.17, 15) is 13.2 Å². The molecule has 0 saturated carbocycles. The van der Waals surface area contributed by atoms with Gasteiger partial charge in [0.05, 0.1) is 24.8 Å². The van der Waals surface area contributed by atoms with Crippen LogP contribution in [0.15, 0.2) is 23.1 Å². The van der Waals surface area contributed by atoms with Crippen molar-refractivity contribution in [2.75, 3.05) is 18.9 Å². The Morgan fingerprint density at radius 2 is 2.05 bits per heavy atom. The number of hydrogen-bond acceptors (Lipinski definition) is 5. The molecule has 0 radical (unpaired) electrons. The molecular formula is C12H16N2O4S. The molecule has 1 aliphatic heterocycles. The largest absolute Gasteiger partial charge is 0.399 e. The van der Waals surface area contributed by atoms with Gasteiger partial charge >= 0.3 is 0 Å². The minimum absolute atomic E-state index is 0.00787. The van der Waals surface area contributed by atoms with E-state index < -0.39 is 15.9 Å². The second kappa shape index (κ2) is 4.82. The van der Waals surface area contributed by atoms with Crippen molar-refractivity contribution in [3.8, 4) is 0 Å². The summed E-state index contributed by atoms with van der Waals surface area (Å²) >= 11 is 0. The van der Waals surface area contributed by atoms with Crippen LogP contribution in [0.5, 0.6) is 0 Å². The average Bonchev–Trinajstić information content (AvgIpc) is 2.49. The molecule has 0 spiro atoms. The van der Waals surface area contributed by atoms with Crippen molar-refractivity contribution >= 4 is 21.6 Å². The molecule has 2 N–H and O–H groups in total. The summed E-state index contributed by atoms with van der Waals surface area (Å²) < 4.78 is 30.5. The molecule has 7 heteroatoms. The molecule has 1 aromatic carbocycles. The highest BCUT2D eigenvalue weighted by molar-refractivity contribution is 7.90. The van der Waals surface area contributed by atoms with Crippen LogP contribution < -0.4 is 5.73 Å². The van der Waals surface area contributed by atoms with E-state index in [1.54, 1.807) is 0 Å². The fourth-order valence-corrected chi connectivity index (χ4v) is 3.43. The summed E-state index contributed by atoms with van der Waals surface area (Å²) in [5.41, 5.74) is 6.07. The lowest BCUT2D eigenvalue weighted by Crippen LogP contribution is -2.33. The van der Waals surface area contributed by atoms with Crippen LogP contribution >= 0.6 is 0 Å². The van der Waals surface area contributed by atoms with Crippen LogP contribution in [-0.4, -0.2) is 37.9 Å². The van der Waals surface area contributed by atoms with Gasteiger partial charge in [0.1, 0.15) is 4.90 Å². The SMILES string of the molecule is CC(C)OCCN1C(=O)c2cc(N)ccc2S1(=O)=O. The van der Waals surface area contributed by atoms with Gasteiger partial charge in [-0.3, -0.25) is 4.79 Å². The highest BCUT2D eigenvalue weighted by atomic mass is 32.2. The Balaban J connectivity index is 2.28. The van der Waals surface area contributed by atoms with Crippen LogP contribution in [0, 0.1) is 0 Å². The number of sulfonamides is 1. The van der Waals surface area contributed by atoms with E-state index in [-0.39, 0.29) is 29.7 Å². The van der Waals surface area contributed by atoms with Gasteiger partial charge in [0.2, 0.25) is 0 Å². The summed E-state index contributed by atoms with van der Waals surface area (Å²) in [6, 6.07) is 4.22. The van der Waals surface area contributed by atoms with E-state index in [2.05, 4.69) is 0 Å². The molecule has 0 unspecified atom stereocenters. The molecule has 0 bridgehead atoms. The number of ether oxygens (including phenoxy) is 1. The number of rotatable bonds is 4. The molecule has 0 aliphatic carbocycles. The van der Waals surface area contributed by atoms with Crippen molar-refractivity contribution < 1.29 is 17.9 Å². The summed E-state index contributed by atoms with van der Waals surface area (Å²) in [6.45, 7) is 3.87. The lowest BCUT2D eigenvalue weighted by Gasteiger charge is -2.16. The van der Waals surface area contributed by atoms with Crippen molar-refractivity contribution in [2.24, 2.45) is 0 Å². The third kappa shape index (κ3) is 2.43. The number of nitrogens with two attached hydrogens (primary N) is 1. The van der Waals surface area contributed by atoms with Gasteiger partial charge in [0, 0.05) is 5.69 Å². The Hall–Kier alpha value is -1.60. The predicted octanol–water partition coefficient (Wildman–Crippen LogP) is 0.838. The summed E-state index contributed by atoms with van der Waals surface area (Å²) in [5.74, 6) is -0.547. The molecule has 1 aromatic rings. The minimum atomic E-state index is -3.76. The van der Waals surface area contributed by atoms with Crippen LogP contribution in [0.2, 0.25) is 0 Å². The van der Waals surface area contributed by atoms with Crippen LogP contribution in [-0.2, 0) is 14.8 Å². The number of carbonyl (C=O) groups excluding carboxylic acids is 1. The predicted molar refractivity (Wildman–Crippen MR) is 70.2 cm³/mol. The van der Waals surface area contributed by atoms with E-state index in [0.29, 0.717) is 5.69 Å². The summed E-state index contributed by atoms with van der Waals surface area (Å²) in [5, 5.41) is 0. The number of fused-ring (bicyclic) bond motifs is 1. The first-order valence-corrected chi connectivity index (χ1v) is 7.36. The van der Waals surface area contributed by atoms with Gasteiger partial charge in [-0.1, -0.05) is 0 Å². The molecule has 0 atom stereocenters. The maximum atomic E-state index is 12.2. The van der Waals surface area contributed by atoms with E-state index in [1.807, 2.05) is 13.8 Å². The zero-order valence-electron chi connectivity index (χ0n) is 10.8. The molecule has 104 valence electrons. The molecule has 19 heavy (non-hydrogen) atoms. The zero-order chi connectivity index (χ0) is 14.2. The van der Waals surface area contributed by atoms with Crippen LogP contribution in [0.1, 0.15) is 24.2 Å². The van der Waals surface area contributed by atoms with Crippen molar-refractivity contribution in [3.05, 3.63) is 23.8 Å². The van der Waals surface area contributed by atoms with Crippen molar-refractivity contribution in [1.82, 2.24) is 4.31 Å². The Morgan fingerprint density at radius 3 is 2.68 bits per heavy atom. The summed E-state index contributed by atoms with van der Waals surface area (Å²) in [7, 11) is -3.76. The molecule has 6 nitrogen and oxygen atoms in total. The number of anilines is 1. The summed E-state index contributed by atoms with van der Waals surface area (Å²) in [6.07, 6.45) is -0.0153. The second-order valence-electron chi connectivity index (χ2n) is 4.56. The molecular weight excluding hydrogens is 268 g/mol. The van der Waals surface area contributed by atoms with Gasteiger partial charge in [-0.05, 0) is 32.0 Å². The first-order valence-electron chi connectivity index (χ1n) is 5.92. The number of carbonyl (C=O) groups is 1. The Labute approximate surface area is 112 Å². The topological polar surface area (TPSA) is 89.7 Å². The fourth-order valence-electron chi connectivity index (χ4n) is 1.89. The number of nitrogen functional groups attached to an aromatic ring is 1. The smallest absolute Gasteiger partial charge is 0.269 e. The highest BCUT2D eigenvalue weighted by Crippen LogP contribution is 2.31. The lowest BCUT2D eigenvalue weighted by atomic mass is 10.2. The quantitative estimate of drug-likeness (QED) is 0.827. The van der Waals surface area contributed by atoms with Gasteiger partial charge in [0.25, 0.3) is 15.9 Å². The van der Waals surface area contributed by atoms with E-state index in [1.165, 1.54) is 18.2 Å². The number of amides is 1. The van der Waals surface area contributed by atoms with Gasteiger partial charge in [-0.2, -0.15) is 0 Å². The van der Waals surface area contributed by atoms with E-state index in [4.69, 9.17) is 10.5 Å².